The second kappa shape index (κ2) is 11.2. The number of carbonyl (C=O) groups excluding carboxylic acids is 2. The van der Waals surface area contributed by atoms with E-state index < -0.39 is 26.9 Å². The molecule has 0 radical (unpaired) electrons. The van der Waals surface area contributed by atoms with Gasteiger partial charge in [-0.3, -0.25) is 19.0 Å². The minimum atomic E-state index is -3.66. The number of ketones is 1. The first kappa shape index (κ1) is 27.7. The van der Waals surface area contributed by atoms with E-state index in [-0.39, 0.29) is 30.3 Å². The van der Waals surface area contributed by atoms with Crippen LogP contribution in [-0.2, 0) is 30.9 Å². The fourth-order valence-electron chi connectivity index (χ4n) is 3.61. The Bertz CT molecular complexity index is 1590. The van der Waals surface area contributed by atoms with Crippen LogP contribution in [0.5, 0.6) is 0 Å². The van der Waals surface area contributed by atoms with Gasteiger partial charge in [-0.1, -0.05) is 20.8 Å². The Labute approximate surface area is 223 Å². The molecule has 1 amide bonds. The van der Waals surface area contributed by atoms with Gasteiger partial charge in [0.05, 0.1) is 28.9 Å². The summed E-state index contributed by atoms with van der Waals surface area (Å²) in [5.41, 5.74) is -0.722. The fourth-order valence-corrected chi connectivity index (χ4v) is 6.04. The van der Waals surface area contributed by atoms with Crippen LogP contribution in [-0.4, -0.2) is 55.3 Å². The summed E-state index contributed by atoms with van der Waals surface area (Å²) in [4.78, 5) is 38.8. The highest BCUT2D eigenvalue weighted by Crippen LogP contribution is 2.19. The maximum absolute atomic E-state index is 13.1. The van der Waals surface area contributed by atoms with Gasteiger partial charge in [-0.2, -0.15) is 4.31 Å². The van der Waals surface area contributed by atoms with E-state index >= 15 is 0 Å². The Morgan fingerprint density at radius 1 is 1.11 bits per heavy atom. The molecule has 0 bridgehead atoms. The van der Waals surface area contributed by atoms with E-state index in [1.165, 1.54) is 45.5 Å². The third-order valence-corrected chi connectivity index (χ3v) is 8.77. The van der Waals surface area contributed by atoms with E-state index in [0.717, 1.165) is 11.3 Å². The predicted molar refractivity (Wildman–Crippen MR) is 144 cm³/mol. The number of aromatic nitrogens is 1. The Balaban J connectivity index is 1.58. The first-order chi connectivity index (χ1) is 17.9. The maximum Gasteiger partial charge on any atom is 0.269 e. The van der Waals surface area contributed by atoms with Gasteiger partial charge in [0.1, 0.15) is 17.0 Å². The van der Waals surface area contributed by atoms with Crippen molar-refractivity contribution < 1.29 is 27.2 Å². The van der Waals surface area contributed by atoms with Crippen molar-refractivity contribution >= 4 is 50.9 Å². The van der Waals surface area contributed by atoms with Crippen molar-refractivity contribution in [3.05, 3.63) is 68.0 Å². The summed E-state index contributed by atoms with van der Waals surface area (Å²) >= 11 is 1.09. The number of hydrogen-bond donors (Lipinski definition) is 1. The molecule has 3 aromatic rings. The first-order valence-electron chi connectivity index (χ1n) is 11.9. The highest BCUT2D eigenvalue weighted by Gasteiger charge is 2.26. The van der Waals surface area contributed by atoms with Gasteiger partial charge in [-0.25, -0.2) is 8.42 Å². The monoisotopic (exact) mass is 559 g/mol. The van der Waals surface area contributed by atoms with Gasteiger partial charge in [-0.05, 0) is 36.4 Å². The summed E-state index contributed by atoms with van der Waals surface area (Å²) in [6, 6.07) is 9.23. The molecule has 38 heavy (non-hydrogen) atoms. The van der Waals surface area contributed by atoms with E-state index in [9.17, 15) is 22.8 Å². The lowest BCUT2D eigenvalue weighted by Gasteiger charge is -2.26. The quantitative estimate of drug-likeness (QED) is 0.463. The van der Waals surface area contributed by atoms with Gasteiger partial charge in [0.15, 0.2) is 5.78 Å². The minimum absolute atomic E-state index is 0.113. The van der Waals surface area contributed by atoms with Gasteiger partial charge in [-0.15, -0.1) is 11.3 Å². The lowest BCUT2D eigenvalue weighted by Crippen LogP contribution is -2.40. The zero-order chi connectivity index (χ0) is 27.5. The molecule has 2 aromatic heterocycles. The molecular formula is C26H29N3O7S2. The van der Waals surface area contributed by atoms with Gasteiger partial charge in [0.2, 0.25) is 15.9 Å². The number of furan rings is 1. The normalized spacial score (nSPS) is 16.1. The zero-order valence-electron chi connectivity index (χ0n) is 21.3. The second-order valence-electron chi connectivity index (χ2n) is 9.70. The van der Waals surface area contributed by atoms with Crippen molar-refractivity contribution in [2.45, 2.75) is 32.2 Å². The number of hydrogen-bond acceptors (Lipinski definition) is 8. The van der Waals surface area contributed by atoms with Crippen molar-refractivity contribution in [3.8, 4) is 0 Å². The van der Waals surface area contributed by atoms with Crippen LogP contribution in [0.1, 0.15) is 26.5 Å². The number of thiazole rings is 1. The number of nitrogens with zero attached hydrogens (tertiary/aromatic N) is 2. The SMILES string of the molecule is CC(C)(C)C(=O)C=c1sc(=Cc2ccco2)c(=O)n1CC(=O)Nc1ccc(S(=O)(=O)N2CCOCC2)cc1. The third-order valence-electron chi connectivity index (χ3n) is 5.79. The first-order valence-corrected chi connectivity index (χ1v) is 14.2. The van der Waals surface area contributed by atoms with Crippen LogP contribution in [0.15, 0.2) is 56.8 Å². The molecule has 0 atom stereocenters. The van der Waals surface area contributed by atoms with Crippen molar-refractivity contribution in [1.29, 1.82) is 0 Å². The molecule has 1 aliphatic rings. The minimum Gasteiger partial charge on any atom is -0.465 e. The topological polar surface area (TPSA) is 128 Å². The zero-order valence-corrected chi connectivity index (χ0v) is 22.9. The molecule has 0 spiro atoms. The molecule has 0 unspecified atom stereocenters. The molecule has 4 rings (SSSR count). The number of benzene rings is 1. The number of carbonyl (C=O) groups is 2. The van der Waals surface area contributed by atoms with E-state index in [1.807, 2.05) is 0 Å². The van der Waals surface area contributed by atoms with Gasteiger partial charge in [0, 0.05) is 36.3 Å². The number of nitrogens with one attached hydrogen (secondary N) is 1. The molecule has 202 valence electrons. The summed E-state index contributed by atoms with van der Waals surface area (Å²) in [6.45, 7) is 6.24. The lowest BCUT2D eigenvalue weighted by molar-refractivity contribution is -0.120. The molecule has 12 heteroatoms. The van der Waals surface area contributed by atoms with Gasteiger partial charge < -0.3 is 14.5 Å². The summed E-state index contributed by atoms with van der Waals surface area (Å²) < 4.78 is 39.4. The molecule has 1 aliphatic heterocycles. The average Bonchev–Trinajstić information content (AvgIpc) is 3.48. The van der Waals surface area contributed by atoms with E-state index in [1.54, 1.807) is 39.0 Å². The second-order valence-corrected chi connectivity index (χ2v) is 12.7. The van der Waals surface area contributed by atoms with Crippen LogP contribution in [0.25, 0.3) is 12.2 Å². The summed E-state index contributed by atoms with van der Waals surface area (Å²) in [6.07, 6.45) is 4.43. The highest BCUT2D eigenvalue weighted by molar-refractivity contribution is 7.89. The molecule has 3 heterocycles. The number of amides is 1. The van der Waals surface area contributed by atoms with E-state index in [2.05, 4.69) is 5.32 Å². The molecule has 1 fully saturated rings. The number of morpholine rings is 1. The highest BCUT2D eigenvalue weighted by atomic mass is 32.2. The molecular weight excluding hydrogens is 530 g/mol. The Morgan fingerprint density at radius 3 is 2.39 bits per heavy atom. The number of Topliss-reactive ketones (excluding diaryl/α,β-unsaturated/α-hetero) is 1. The lowest BCUT2D eigenvalue weighted by atomic mass is 9.91. The van der Waals surface area contributed by atoms with E-state index in [4.69, 9.17) is 9.15 Å². The Morgan fingerprint density at radius 2 is 1.79 bits per heavy atom. The van der Waals surface area contributed by atoms with Crippen LogP contribution in [0.4, 0.5) is 5.69 Å². The van der Waals surface area contributed by atoms with E-state index in [0.29, 0.717) is 33.9 Å². The van der Waals surface area contributed by atoms with Crippen molar-refractivity contribution in [2.24, 2.45) is 5.41 Å². The Hall–Kier alpha value is -3.32. The van der Waals surface area contributed by atoms with Crippen LogP contribution in [0.2, 0.25) is 0 Å². The molecule has 0 saturated carbocycles. The number of anilines is 1. The van der Waals surface area contributed by atoms with Crippen LogP contribution >= 0.6 is 11.3 Å². The van der Waals surface area contributed by atoms with Crippen LogP contribution in [0, 0.1) is 5.41 Å². The Kier molecular flexibility index (Phi) is 8.16. The van der Waals surface area contributed by atoms with Crippen LogP contribution < -0.4 is 20.1 Å². The molecule has 1 saturated heterocycles. The molecule has 1 aromatic carbocycles. The van der Waals surface area contributed by atoms with Crippen molar-refractivity contribution in [3.63, 3.8) is 0 Å². The van der Waals surface area contributed by atoms with Gasteiger partial charge >= 0.3 is 0 Å². The smallest absolute Gasteiger partial charge is 0.269 e. The van der Waals surface area contributed by atoms with Gasteiger partial charge in [0.25, 0.3) is 5.56 Å². The fraction of sp³-hybridized carbons (Fsp3) is 0.346. The standard InChI is InChI=1S/C26H29N3O7S2/c1-26(2,3)22(30)16-24-29(25(32)21(37-24)15-19-5-4-12-36-19)17-23(31)27-18-6-8-20(9-7-18)38(33,34)28-10-13-35-14-11-28/h4-9,12,15-16H,10-11,13-14,17H2,1-3H3,(H,27,31). The van der Waals surface area contributed by atoms with Crippen molar-refractivity contribution in [1.82, 2.24) is 8.87 Å². The number of ether oxygens (including phenoxy) is 1. The molecule has 10 nitrogen and oxygen atoms in total. The average molecular weight is 560 g/mol. The summed E-state index contributed by atoms with van der Waals surface area (Å²) in [5.74, 6) is -0.216. The third kappa shape index (κ3) is 6.38. The number of sulfonamides is 1. The maximum atomic E-state index is 13.1. The number of rotatable bonds is 7. The molecule has 0 aliphatic carbocycles. The summed E-state index contributed by atoms with van der Waals surface area (Å²) in [5, 5.41) is 2.69. The van der Waals surface area contributed by atoms with Crippen LogP contribution in [0.3, 0.4) is 0 Å². The summed E-state index contributed by atoms with van der Waals surface area (Å²) in [7, 11) is -3.66. The van der Waals surface area contributed by atoms with Crippen molar-refractivity contribution in [2.75, 3.05) is 31.6 Å². The predicted octanol–water partition coefficient (Wildman–Crippen LogP) is 1.39. The largest absolute Gasteiger partial charge is 0.465 e. The molecule has 1 N–H and O–H groups in total.